The van der Waals surface area contributed by atoms with E-state index in [4.69, 9.17) is 4.98 Å². The molecule has 0 aliphatic carbocycles. The van der Waals surface area contributed by atoms with Gasteiger partial charge in [-0.25, -0.2) is 4.98 Å². The van der Waals surface area contributed by atoms with Crippen LogP contribution < -0.4 is 15.1 Å². The molecule has 27 heavy (non-hydrogen) atoms. The first-order valence-corrected chi connectivity index (χ1v) is 9.46. The number of benzene rings is 2. The summed E-state index contributed by atoms with van der Waals surface area (Å²) in [4.78, 5) is 13.9. The van der Waals surface area contributed by atoms with E-state index >= 15 is 0 Å². The zero-order valence-corrected chi connectivity index (χ0v) is 15.7. The van der Waals surface area contributed by atoms with Gasteiger partial charge in [-0.3, -0.25) is 0 Å². The lowest BCUT2D eigenvalue weighted by molar-refractivity contribution is 0.647. The standard InChI is InChI=1S/C22H25N5/c1-18-7-5-6-8-19(18)17-24-22-23-12-11-21(25-22)27-15-13-26(14-16-27)20-9-3-2-4-10-20/h2-12H,13-17H2,1H3,(H,23,24,25). The van der Waals surface area contributed by atoms with Crippen molar-refractivity contribution in [3.8, 4) is 0 Å². The third kappa shape index (κ3) is 4.19. The maximum Gasteiger partial charge on any atom is 0.224 e. The summed E-state index contributed by atoms with van der Waals surface area (Å²) < 4.78 is 0. The minimum Gasteiger partial charge on any atom is -0.368 e. The lowest BCUT2D eigenvalue weighted by atomic mass is 10.1. The van der Waals surface area contributed by atoms with E-state index in [9.17, 15) is 0 Å². The Balaban J connectivity index is 1.37. The van der Waals surface area contributed by atoms with Crippen LogP contribution in [0.2, 0.25) is 0 Å². The van der Waals surface area contributed by atoms with Crippen molar-refractivity contribution in [1.82, 2.24) is 9.97 Å². The fourth-order valence-electron chi connectivity index (χ4n) is 3.43. The molecule has 1 N–H and O–H groups in total. The second-order valence-electron chi connectivity index (χ2n) is 6.83. The van der Waals surface area contributed by atoms with Gasteiger partial charge in [-0.15, -0.1) is 0 Å². The predicted molar refractivity (Wildman–Crippen MR) is 111 cm³/mol. The highest BCUT2D eigenvalue weighted by molar-refractivity contribution is 5.50. The summed E-state index contributed by atoms with van der Waals surface area (Å²) in [6.07, 6.45) is 1.84. The highest BCUT2D eigenvalue weighted by atomic mass is 15.3. The number of nitrogens with zero attached hydrogens (tertiary/aromatic N) is 4. The van der Waals surface area contributed by atoms with Crippen LogP contribution in [0, 0.1) is 6.92 Å². The normalized spacial score (nSPS) is 14.3. The molecule has 1 aromatic heterocycles. The monoisotopic (exact) mass is 359 g/mol. The molecule has 3 aromatic rings. The van der Waals surface area contributed by atoms with Gasteiger partial charge in [-0.2, -0.15) is 4.98 Å². The third-order valence-corrected chi connectivity index (χ3v) is 5.06. The molecule has 0 saturated carbocycles. The molecule has 2 heterocycles. The summed E-state index contributed by atoms with van der Waals surface area (Å²) >= 11 is 0. The molecule has 0 atom stereocenters. The number of anilines is 3. The van der Waals surface area contributed by atoms with E-state index in [1.165, 1.54) is 16.8 Å². The largest absolute Gasteiger partial charge is 0.368 e. The van der Waals surface area contributed by atoms with Crippen molar-refractivity contribution >= 4 is 17.5 Å². The van der Waals surface area contributed by atoms with E-state index in [1.807, 2.05) is 12.3 Å². The van der Waals surface area contributed by atoms with Gasteiger partial charge in [0, 0.05) is 44.6 Å². The van der Waals surface area contributed by atoms with E-state index in [2.05, 4.69) is 81.6 Å². The van der Waals surface area contributed by atoms with Crippen LogP contribution in [-0.4, -0.2) is 36.1 Å². The molecule has 0 spiro atoms. The van der Waals surface area contributed by atoms with E-state index in [0.717, 1.165) is 38.5 Å². The maximum absolute atomic E-state index is 4.72. The fraction of sp³-hybridized carbons (Fsp3) is 0.273. The topological polar surface area (TPSA) is 44.3 Å². The van der Waals surface area contributed by atoms with Crippen LogP contribution in [0.4, 0.5) is 17.5 Å². The van der Waals surface area contributed by atoms with Gasteiger partial charge in [0.05, 0.1) is 0 Å². The highest BCUT2D eigenvalue weighted by Crippen LogP contribution is 2.19. The Bertz CT molecular complexity index is 873. The molecule has 0 unspecified atom stereocenters. The van der Waals surface area contributed by atoms with Gasteiger partial charge in [0.15, 0.2) is 0 Å². The first-order valence-electron chi connectivity index (χ1n) is 9.46. The van der Waals surface area contributed by atoms with Gasteiger partial charge in [0.1, 0.15) is 5.82 Å². The zero-order valence-electron chi connectivity index (χ0n) is 15.7. The van der Waals surface area contributed by atoms with Crippen LogP contribution in [0.3, 0.4) is 0 Å². The molecule has 0 bridgehead atoms. The van der Waals surface area contributed by atoms with Gasteiger partial charge in [0.2, 0.25) is 5.95 Å². The summed E-state index contributed by atoms with van der Waals surface area (Å²) in [7, 11) is 0. The summed E-state index contributed by atoms with van der Waals surface area (Å²) in [6, 6.07) is 21.0. The number of nitrogens with one attached hydrogen (secondary N) is 1. The van der Waals surface area contributed by atoms with Crippen molar-refractivity contribution in [2.75, 3.05) is 41.3 Å². The van der Waals surface area contributed by atoms with Gasteiger partial charge in [-0.05, 0) is 36.2 Å². The molecule has 1 aliphatic heterocycles. The Morgan fingerprint density at radius 3 is 2.33 bits per heavy atom. The maximum atomic E-state index is 4.72. The lowest BCUT2D eigenvalue weighted by Crippen LogP contribution is -2.46. The number of aromatic nitrogens is 2. The number of hydrogen-bond donors (Lipinski definition) is 1. The molecular formula is C22H25N5. The van der Waals surface area contributed by atoms with Gasteiger partial charge >= 0.3 is 0 Å². The van der Waals surface area contributed by atoms with Crippen molar-refractivity contribution in [1.29, 1.82) is 0 Å². The first-order chi connectivity index (χ1) is 13.3. The number of piperazine rings is 1. The van der Waals surface area contributed by atoms with Crippen molar-refractivity contribution in [3.05, 3.63) is 78.0 Å². The van der Waals surface area contributed by atoms with Crippen LogP contribution in [0.1, 0.15) is 11.1 Å². The number of hydrogen-bond acceptors (Lipinski definition) is 5. The summed E-state index contributed by atoms with van der Waals surface area (Å²) in [5.41, 5.74) is 3.83. The van der Waals surface area contributed by atoms with Gasteiger partial charge < -0.3 is 15.1 Å². The Labute approximate surface area is 160 Å². The lowest BCUT2D eigenvalue weighted by Gasteiger charge is -2.36. The van der Waals surface area contributed by atoms with E-state index in [-0.39, 0.29) is 0 Å². The quantitative estimate of drug-likeness (QED) is 0.752. The molecule has 0 amide bonds. The summed E-state index contributed by atoms with van der Waals surface area (Å²) in [5.74, 6) is 1.67. The Kier molecular flexibility index (Phi) is 5.19. The van der Waals surface area contributed by atoms with Crippen molar-refractivity contribution in [3.63, 3.8) is 0 Å². The Morgan fingerprint density at radius 1 is 0.852 bits per heavy atom. The molecular weight excluding hydrogens is 334 g/mol. The fourth-order valence-corrected chi connectivity index (χ4v) is 3.43. The molecule has 2 aromatic carbocycles. The number of aryl methyl sites for hydroxylation is 1. The highest BCUT2D eigenvalue weighted by Gasteiger charge is 2.18. The van der Waals surface area contributed by atoms with Crippen LogP contribution in [0.25, 0.3) is 0 Å². The first kappa shape index (κ1) is 17.3. The van der Waals surface area contributed by atoms with E-state index < -0.39 is 0 Å². The molecule has 138 valence electrons. The van der Waals surface area contributed by atoms with E-state index in [0.29, 0.717) is 5.95 Å². The van der Waals surface area contributed by atoms with Crippen molar-refractivity contribution in [2.24, 2.45) is 0 Å². The molecule has 0 radical (unpaired) electrons. The van der Waals surface area contributed by atoms with Crippen LogP contribution in [-0.2, 0) is 6.54 Å². The average molecular weight is 359 g/mol. The molecule has 4 rings (SSSR count). The van der Waals surface area contributed by atoms with E-state index in [1.54, 1.807) is 0 Å². The summed E-state index contributed by atoms with van der Waals surface area (Å²) in [5, 5.41) is 3.36. The summed E-state index contributed by atoms with van der Waals surface area (Å²) in [6.45, 7) is 6.78. The smallest absolute Gasteiger partial charge is 0.224 e. The molecule has 5 nitrogen and oxygen atoms in total. The number of para-hydroxylation sites is 1. The molecule has 1 aliphatic rings. The molecule has 1 saturated heterocycles. The second-order valence-corrected chi connectivity index (χ2v) is 6.83. The average Bonchev–Trinajstić information content (AvgIpc) is 2.74. The minimum atomic E-state index is 0.682. The molecule has 5 heteroatoms. The second kappa shape index (κ2) is 8.08. The van der Waals surface area contributed by atoms with Crippen LogP contribution in [0.15, 0.2) is 66.9 Å². The molecule has 1 fully saturated rings. The Hall–Kier alpha value is -3.08. The van der Waals surface area contributed by atoms with Crippen molar-refractivity contribution < 1.29 is 0 Å². The van der Waals surface area contributed by atoms with Gasteiger partial charge in [-0.1, -0.05) is 42.5 Å². The number of rotatable bonds is 5. The Morgan fingerprint density at radius 2 is 1.56 bits per heavy atom. The minimum absolute atomic E-state index is 0.682. The van der Waals surface area contributed by atoms with Crippen LogP contribution >= 0.6 is 0 Å². The predicted octanol–water partition coefficient (Wildman–Crippen LogP) is 3.72. The third-order valence-electron chi connectivity index (χ3n) is 5.06. The zero-order chi connectivity index (χ0) is 18.5. The van der Waals surface area contributed by atoms with Crippen molar-refractivity contribution in [2.45, 2.75) is 13.5 Å². The SMILES string of the molecule is Cc1ccccc1CNc1nccc(N2CCN(c3ccccc3)CC2)n1. The van der Waals surface area contributed by atoms with Gasteiger partial charge in [0.25, 0.3) is 0 Å². The van der Waals surface area contributed by atoms with Crippen LogP contribution in [0.5, 0.6) is 0 Å².